The number of unbranched alkanes of at least 4 members (excludes halogenated alkanes) is 1. The maximum Gasteiger partial charge on any atom is 0.267 e. The van der Waals surface area contributed by atoms with Gasteiger partial charge < -0.3 is 19.7 Å². The van der Waals surface area contributed by atoms with Gasteiger partial charge in [-0.25, -0.2) is 0 Å². The quantitative estimate of drug-likeness (QED) is 0.471. The van der Waals surface area contributed by atoms with Gasteiger partial charge in [0.1, 0.15) is 18.1 Å². The molecule has 2 aliphatic rings. The summed E-state index contributed by atoms with van der Waals surface area (Å²) < 4.78 is 11.7. The first-order valence-electron chi connectivity index (χ1n) is 13.1. The first-order valence-corrected chi connectivity index (χ1v) is 13.1. The van der Waals surface area contributed by atoms with Gasteiger partial charge in [0.15, 0.2) is 6.10 Å². The fraction of sp³-hybridized carbons (Fsp3) is 0.517. The Labute approximate surface area is 209 Å². The van der Waals surface area contributed by atoms with Gasteiger partial charge >= 0.3 is 0 Å². The molecule has 1 fully saturated rings. The minimum absolute atomic E-state index is 0.0562. The van der Waals surface area contributed by atoms with Crippen LogP contribution in [0.1, 0.15) is 64.4 Å². The fourth-order valence-corrected chi connectivity index (χ4v) is 5.13. The van der Waals surface area contributed by atoms with E-state index in [1.807, 2.05) is 49.4 Å². The number of aryl methyl sites for hydroxylation is 1. The van der Waals surface area contributed by atoms with Gasteiger partial charge in [0.2, 0.25) is 5.91 Å². The Bertz CT molecular complexity index is 1030. The topological polar surface area (TPSA) is 67.9 Å². The number of hydrogen-bond donors (Lipinski definition) is 1. The smallest absolute Gasteiger partial charge is 0.267 e. The SMILES string of the molecule is CCCCC1CCC(C(=O)Nc2ccc3c(c2)N(CCOc2cccc(C)c2)C(=O)C(C)O3)CC1. The van der Waals surface area contributed by atoms with E-state index in [0.717, 1.165) is 42.9 Å². The van der Waals surface area contributed by atoms with Gasteiger partial charge in [-0.2, -0.15) is 0 Å². The lowest BCUT2D eigenvalue weighted by Crippen LogP contribution is -2.46. The first kappa shape index (κ1) is 25.1. The van der Waals surface area contributed by atoms with E-state index in [2.05, 4.69) is 12.2 Å². The maximum atomic E-state index is 13.0. The van der Waals surface area contributed by atoms with Crippen LogP contribution in [-0.4, -0.2) is 31.1 Å². The van der Waals surface area contributed by atoms with E-state index in [-0.39, 0.29) is 17.7 Å². The van der Waals surface area contributed by atoms with Gasteiger partial charge in [0.25, 0.3) is 5.91 Å². The number of nitrogens with zero attached hydrogens (tertiary/aromatic N) is 1. The lowest BCUT2D eigenvalue weighted by Gasteiger charge is -2.33. The molecule has 0 saturated heterocycles. The molecule has 1 saturated carbocycles. The zero-order valence-corrected chi connectivity index (χ0v) is 21.2. The van der Waals surface area contributed by atoms with Gasteiger partial charge in [-0.1, -0.05) is 38.3 Å². The van der Waals surface area contributed by atoms with Gasteiger partial charge in [-0.05, 0) is 81.3 Å². The van der Waals surface area contributed by atoms with Crippen LogP contribution in [-0.2, 0) is 9.59 Å². The van der Waals surface area contributed by atoms with Crippen LogP contribution in [0, 0.1) is 18.8 Å². The molecule has 0 aromatic heterocycles. The van der Waals surface area contributed by atoms with E-state index in [1.165, 1.54) is 19.3 Å². The molecule has 4 rings (SSSR count). The molecule has 2 aromatic rings. The molecule has 1 aliphatic carbocycles. The van der Waals surface area contributed by atoms with Crippen molar-refractivity contribution in [3.63, 3.8) is 0 Å². The highest BCUT2D eigenvalue weighted by atomic mass is 16.5. The Balaban J connectivity index is 1.39. The first-order chi connectivity index (χ1) is 16.9. The second-order valence-electron chi connectivity index (χ2n) is 9.95. The van der Waals surface area contributed by atoms with Crippen LogP contribution in [0.3, 0.4) is 0 Å². The number of amides is 2. The Kier molecular flexibility index (Phi) is 8.32. The third-order valence-electron chi connectivity index (χ3n) is 7.19. The summed E-state index contributed by atoms with van der Waals surface area (Å²) in [6.45, 7) is 6.76. The van der Waals surface area contributed by atoms with E-state index in [4.69, 9.17) is 9.47 Å². The van der Waals surface area contributed by atoms with Crippen molar-refractivity contribution >= 4 is 23.2 Å². The van der Waals surface area contributed by atoms with E-state index >= 15 is 0 Å². The van der Waals surface area contributed by atoms with Crippen molar-refractivity contribution in [3.05, 3.63) is 48.0 Å². The van der Waals surface area contributed by atoms with Crippen molar-refractivity contribution in [1.29, 1.82) is 0 Å². The summed E-state index contributed by atoms with van der Waals surface area (Å²) in [4.78, 5) is 27.6. The molecular weight excluding hydrogens is 440 g/mol. The molecule has 1 unspecified atom stereocenters. The van der Waals surface area contributed by atoms with Gasteiger partial charge in [0.05, 0.1) is 12.2 Å². The fourth-order valence-electron chi connectivity index (χ4n) is 5.13. The van der Waals surface area contributed by atoms with Crippen molar-refractivity contribution in [2.75, 3.05) is 23.4 Å². The molecule has 0 radical (unpaired) electrons. The highest BCUT2D eigenvalue weighted by Crippen LogP contribution is 2.37. The summed E-state index contributed by atoms with van der Waals surface area (Å²) in [5.41, 5.74) is 2.48. The summed E-state index contributed by atoms with van der Waals surface area (Å²) in [7, 11) is 0. The summed E-state index contributed by atoms with van der Waals surface area (Å²) in [5.74, 6) is 2.21. The molecule has 1 N–H and O–H groups in total. The van der Waals surface area contributed by atoms with Gasteiger partial charge in [-0.15, -0.1) is 0 Å². The molecule has 188 valence electrons. The third kappa shape index (κ3) is 6.36. The van der Waals surface area contributed by atoms with Crippen LogP contribution in [0.2, 0.25) is 0 Å². The molecule has 1 atom stereocenters. The number of nitrogens with one attached hydrogen (secondary N) is 1. The Morgan fingerprint density at radius 3 is 2.69 bits per heavy atom. The molecule has 2 amide bonds. The summed E-state index contributed by atoms with van der Waals surface area (Å²) >= 11 is 0. The second kappa shape index (κ2) is 11.6. The maximum absolute atomic E-state index is 13.0. The Hall–Kier alpha value is -3.02. The molecule has 2 aromatic carbocycles. The molecule has 6 nitrogen and oxygen atoms in total. The standard InChI is InChI=1S/C29H38N2O4/c1-4-5-8-22-10-12-23(13-11-22)28(32)30-24-14-15-27-26(19-24)31(29(33)21(3)35-27)16-17-34-25-9-6-7-20(2)18-25/h6-7,9,14-15,18-19,21-23H,4-5,8,10-13,16-17H2,1-3H3,(H,30,32). The van der Waals surface area contributed by atoms with Crippen molar-refractivity contribution < 1.29 is 19.1 Å². The predicted molar refractivity (Wildman–Crippen MR) is 139 cm³/mol. The van der Waals surface area contributed by atoms with Crippen LogP contribution < -0.4 is 19.7 Å². The summed E-state index contributed by atoms with van der Waals surface area (Å²) in [6, 6.07) is 13.4. The minimum atomic E-state index is -0.565. The monoisotopic (exact) mass is 478 g/mol. The number of carbonyl (C=O) groups excluding carboxylic acids is 2. The van der Waals surface area contributed by atoms with Crippen LogP contribution in [0.15, 0.2) is 42.5 Å². The van der Waals surface area contributed by atoms with Crippen LogP contribution >= 0.6 is 0 Å². The zero-order valence-electron chi connectivity index (χ0n) is 21.2. The van der Waals surface area contributed by atoms with E-state index in [1.54, 1.807) is 11.8 Å². The van der Waals surface area contributed by atoms with E-state index < -0.39 is 6.10 Å². The summed E-state index contributed by atoms with van der Waals surface area (Å²) in [5, 5.41) is 3.09. The van der Waals surface area contributed by atoms with Crippen LogP contribution in [0.4, 0.5) is 11.4 Å². The van der Waals surface area contributed by atoms with Crippen molar-refractivity contribution in [3.8, 4) is 11.5 Å². The molecular formula is C29H38N2O4. The number of benzene rings is 2. The third-order valence-corrected chi connectivity index (χ3v) is 7.19. The highest BCUT2D eigenvalue weighted by molar-refractivity contribution is 6.01. The number of carbonyl (C=O) groups is 2. The molecule has 1 heterocycles. The minimum Gasteiger partial charge on any atom is -0.492 e. The van der Waals surface area contributed by atoms with Crippen LogP contribution in [0.25, 0.3) is 0 Å². The molecule has 1 aliphatic heterocycles. The number of fused-ring (bicyclic) bond motifs is 1. The number of ether oxygens (including phenoxy) is 2. The molecule has 35 heavy (non-hydrogen) atoms. The number of hydrogen-bond acceptors (Lipinski definition) is 4. The van der Waals surface area contributed by atoms with E-state index in [0.29, 0.717) is 30.3 Å². The number of rotatable bonds is 9. The lowest BCUT2D eigenvalue weighted by molar-refractivity contribution is -0.125. The van der Waals surface area contributed by atoms with Gasteiger partial charge in [0, 0.05) is 11.6 Å². The van der Waals surface area contributed by atoms with Crippen LogP contribution in [0.5, 0.6) is 11.5 Å². The largest absolute Gasteiger partial charge is 0.492 e. The lowest BCUT2D eigenvalue weighted by atomic mass is 9.79. The average Bonchev–Trinajstić information content (AvgIpc) is 2.85. The van der Waals surface area contributed by atoms with Gasteiger partial charge in [-0.3, -0.25) is 9.59 Å². The molecule has 0 spiro atoms. The van der Waals surface area contributed by atoms with E-state index in [9.17, 15) is 9.59 Å². The summed E-state index contributed by atoms with van der Waals surface area (Å²) in [6.07, 6.45) is 7.41. The predicted octanol–water partition coefficient (Wildman–Crippen LogP) is 6.12. The van der Waals surface area contributed by atoms with Crippen molar-refractivity contribution in [1.82, 2.24) is 0 Å². The number of anilines is 2. The average molecular weight is 479 g/mol. The molecule has 0 bridgehead atoms. The Morgan fingerprint density at radius 1 is 1.14 bits per heavy atom. The highest BCUT2D eigenvalue weighted by Gasteiger charge is 2.32. The molecule has 6 heteroatoms. The normalized spacial score (nSPS) is 21.7. The zero-order chi connectivity index (χ0) is 24.8. The Morgan fingerprint density at radius 2 is 1.94 bits per heavy atom. The van der Waals surface area contributed by atoms with Crippen molar-refractivity contribution in [2.45, 2.75) is 71.8 Å². The second-order valence-corrected chi connectivity index (χ2v) is 9.95. The van der Waals surface area contributed by atoms with Crippen molar-refractivity contribution in [2.24, 2.45) is 11.8 Å².